The first-order valence-electron chi connectivity index (χ1n) is 9.12. The molecule has 1 aromatic heterocycles. The number of methoxy groups -OCH3 is 1. The monoisotopic (exact) mass is 388 g/mol. The van der Waals surface area contributed by atoms with Gasteiger partial charge in [-0.25, -0.2) is 9.97 Å². The van der Waals surface area contributed by atoms with Crippen LogP contribution in [0.4, 0.5) is 23.0 Å². The van der Waals surface area contributed by atoms with Crippen molar-refractivity contribution in [1.82, 2.24) is 14.9 Å². The van der Waals surface area contributed by atoms with Crippen LogP contribution < -0.4 is 15.4 Å². The fraction of sp³-hybridized carbons (Fsp3) is 0.444. The summed E-state index contributed by atoms with van der Waals surface area (Å²) in [5.41, 5.74) is 0.491. The number of nitrogens with one attached hydrogen (secondary N) is 2. The second kappa shape index (κ2) is 9.81. The Kier molecular flexibility index (Phi) is 6.93. The third-order valence-corrected chi connectivity index (χ3v) is 4.40. The van der Waals surface area contributed by atoms with Crippen molar-refractivity contribution < 1.29 is 14.4 Å². The lowest BCUT2D eigenvalue weighted by Gasteiger charge is -2.26. The fourth-order valence-corrected chi connectivity index (χ4v) is 2.92. The van der Waals surface area contributed by atoms with E-state index >= 15 is 0 Å². The van der Waals surface area contributed by atoms with Crippen molar-refractivity contribution >= 4 is 23.0 Å². The Morgan fingerprint density at radius 2 is 1.93 bits per heavy atom. The number of anilines is 3. The first kappa shape index (κ1) is 19.8. The van der Waals surface area contributed by atoms with Gasteiger partial charge < -0.3 is 20.1 Å². The van der Waals surface area contributed by atoms with E-state index < -0.39 is 4.92 Å². The largest absolute Gasteiger partial charge is 0.497 e. The number of nitrogens with zero attached hydrogens (tertiary/aromatic N) is 4. The van der Waals surface area contributed by atoms with Crippen LogP contribution in [0.2, 0.25) is 0 Å². The number of rotatable bonds is 9. The third kappa shape index (κ3) is 5.27. The molecule has 1 fully saturated rings. The van der Waals surface area contributed by atoms with Gasteiger partial charge in [0.15, 0.2) is 0 Å². The second-order valence-electron chi connectivity index (χ2n) is 6.26. The molecule has 10 heteroatoms. The molecule has 0 spiro atoms. The Balaban J connectivity index is 1.63. The lowest BCUT2D eigenvalue weighted by molar-refractivity contribution is -0.383. The summed E-state index contributed by atoms with van der Waals surface area (Å²) in [4.78, 5) is 21.6. The lowest BCUT2D eigenvalue weighted by Crippen LogP contribution is -2.37. The zero-order chi connectivity index (χ0) is 19.8. The van der Waals surface area contributed by atoms with Gasteiger partial charge in [0.25, 0.3) is 0 Å². The van der Waals surface area contributed by atoms with E-state index in [0.29, 0.717) is 18.0 Å². The molecule has 0 radical (unpaired) electrons. The van der Waals surface area contributed by atoms with Gasteiger partial charge in [-0.05, 0) is 37.2 Å². The molecule has 1 aliphatic rings. The first-order valence-corrected chi connectivity index (χ1v) is 9.12. The van der Waals surface area contributed by atoms with Crippen molar-refractivity contribution in [3.05, 3.63) is 40.7 Å². The van der Waals surface area contributed by atoms with Crippen LogP contribution in [0.5, 0.6) is 5.75 Å². The van der Waals surface area contributed by atoms with Crippen LogP contribution in [0.25, 0.3) is 0 Å². The van der Waals surface area contributed by atoms with Crippen molar-refractivity contribution in [3.8, 4) is 5.75 Å². The minimum Gasteiger partial charge on any atom is -0.497 e. The summed E-state index contributed by atoms with van der Waals surface area (Å²) in [6, 6.07) is 7.06. The van der Waals surface area contributed by atoms with Crippen LogP contribution in [0, 0.1) is 10.1 Å². The lowest BCUT2D eigenvalue weighted by atomic mass is 10.3. The minimum absolute atomic E-state index is 0.140. The van der Waals surface area contributed by atoms with E-state index in [1.807, 2.05) is 0 Å². The summed E-state index contributed by atoms with van der Waals surface area (Å²) >= 11 is 0. The van der Waals surface area contributed by atoms with E-state index in [1.165, 1.54) is 6.33 Å². The molecule has 2 N–H and O–H groups in total. The van der Waals surface area contributed by atoms with E-state index in [2.05, 4.69) is 25.5 Å². The molecule has 1 saturated heterocycles. The number of hydrogen-bond donors (Lipinski definition) is 2. The molecule has 0 amide bonds. The number of hydrogen-bond acceptors (Lipinski definition) is 9. The molecule has 0 bridgehead atoms. The molecule has 2 heterocycles. The standard InChI is InChI=1S/C18H24N6O4/c1-27-15-5-3-14(4-6-15)22-18-16(24(25)26)17(20-13-21-18)19-7-2-8-23-9-11-28-12-10-23/h3-6,13H,2,7-12H2,1H3,(H2,19,20,21,22). The third-order valence-electron chi connectivity index (χ3n) is 4.40. The molecule has 28 heavy (non-hydrogen) atoms. The van der Waals surface area contributed by atoms with Crippen molar-refractivity contribution in [3.63, 3.8) is 0 Å². The Bertz CT molecular complexity index is 780. The normalized spacial score (nSPS) is 14.5. The average molecular weight is 388 g/mol. The summed E-state index contributed by atoms with van der Waals surface area (Å²) in [5, 5.41) is 17.7. The van der Waals surface area contributed by atoms with Gasteiger partial charge in [0.1, 0.15) is 12.1 Å². The summed E-state index contributed by atoms with van der Waals surface area (Å²) in [5.74, 6) is 1.05. The van der Waals surface area contributed by atoms with Gasteiger partial charge in [-0.3, -0.25) is 15.0 Å². The van der Waals surface area contributed by atoms with Gasteiger partial charge >= 0.3 is 5.69 Å². The van der Waals surface area contributed by atoms with E-state index in [4.69, 9.17) is 9.47 Å². The summed E-state index contributed by atoms with van der Waals surface area (Å²) in [6.07, 6.45) is 2.16. The molecule has 2 aromatic rings. The highest BCUT2D eigenvalue weighted by Gasteiger charge is 2.23. The topological polar surface area (TPSA) is 115 Å². The highest BCUT2D eigenvalue weighted by atomic mass is 16.6. The zero-order valence-corrected chi connectivity index (χ0v) is 15.8. The van der Waals surface area contributed by atoms with Gasteiger partial charge in [-0.15, -0.1) is 0 Å². The van der Waals surface area contributed by atoms with E-state index in [0.717, 1.165) is 39.3 Å². The molecule has 1 aliphatic heterocycles. The maximum atomic E-state index is 11.6. The second-order valence-corrected chi connectivity index (χ2v) is 6.26. The highest BCUT2D eigenvalue weighted by Crippen LogP contribution is 2.31. The Hall–Kier alpha value is -2.98. The SMILES string of the molecule is COc1ccc(Nc2ncnc(NCCCN3CCOCC3)c2[N+](=O)[O-])cc1. The number of nitro groups is 1. The maximum Gasteiger partial charge on any atom is 0.353 e. The van der Waals surface area contributed by atoms with Crippen LogP contribution in [-0.2, 0) is 4.74 Å². The van der Waals surface area contributed by atoms with Gasteiger partial charge in [-0.1, -0.05) is 0 Å². The van der Waals surface area contributed by atoms with Crippen LogP contribution in [-0.4, -0.2) is 66.3 Å². The number of morpholine rings is 1. The summed E-state index contributed by atoms with van der Waals surface area (Å²) in [7, 11) is 1.58. The van der Waals surface area contributed by atoms with E-state index in [-0.39, 0.29) is 17.3 Å². The minimum atomic E-state index is -0.476. The predicted octanol–water partition coefficient (Wildman–Crippen LogP) is 2.27. The quantitative estimate of drug-likeness (QED) is 0.379. The van der Waals surface area contributed by atoms with Crippen LogP contribution >= 0.6 is 0 Å². The molecule has 10 nitrogen and oxygen atoms in total. The number of ether oxygens (including phenoxy) is 2. The van der Waals surface area contributed by atoms with Gasteiger partial charge in [0.05, 0.1) is 25.2 Å². The molecule has 0 aliphatic carbocycles. The molecule has 0 unspecified atom stereocenters. The smallest absolute Gasteiger partial charge is 0.353 e. The fourth-order valence-electron chi connectivity index (χ4n) is 2.92. The predicted molar refractivity (Wildman–Crippen MR) is 105 cm³/mol. The molecule has 1 aromatic carbocycles. The van der Waals surface area contributed by atoms with Crippen molar-refractivity contribution in [2.45, 2.75) is 6.42 Å². The number of aromatic nitrogens is 2. The highest BCUT2D eigenvalue weighted by molar-refractivity contribution is 5.73. The Labute approximate surface area is 163 Å². The van der Waals surface area contributed by atoms with Crippen LogP contribution in [0.1, 0.15) is 6.42 Å². The summed E-state index contributed by atoms with van der Waals surface area (Å²) < 4.78 is 10.4. The van der Waals surface area contributed by atoms with Gasteiger partial charge in [0, 0.05) is 25.3 Å². The van der Waals surface area contributed by atoms with Crippen molar-refractivity contribution in [2.75, 3.05) is 57.1 Å². The average Bonchev–Trinajstić information content (AvgIpc) is 2.72. The molecular formula is C18H24N6O4. The maximum absolute atomic E-state index is 11.6. The Morgan fingerprint density at radius 1 is 1.21 bits per heavy atom. The molecule has 0 saturated carbocycles. The summed E-state index contributed by atoms with van der Waals surface area (Å²) in [6.45, 7) is 4.84. The number of benzene rings is 1. The van der Waals surface area contributed by atoms with Crippen molar-refractivity contribution in [1.29, 1.82) is 0 Å². The molecular weight excluding hydrogens is 364 g/mol. The molecule has 150 valence electrons. The Morgan fingerprint density at radius 3 is 2.61 bits per heavy atom. The van der Waals surface area contributed by atoms with Crippen LogP contribution in [0.15, 0.2) is 30.6 Å². The zero-order valence-electron chi connectivity index (χ0n) is 15.8. The molecule has 3 rings (SSSR count). The van der Waals surface area contributed by atoms with Crippen molar-refractivity contribution in [2.24, 2.45) is 0 Å². The molecule has 0 atom stereocenters. The first-order chi connectivity index (χ1) is 13.7. The van der Waals surface area contributed by atoms with Gasteiger partial charge in [0.2, 0.25) is 11.6 Å². The van der Waals surface area contributed by atoms with Crippen LogP contribution in [0.3, 0.4) is 0 Å². The van der Waals surface area contributed by atoms with Gasteiger partial charge in [-0.2, -0.15) is 0 Å². The van der Waals surface area contributed by atoms with E-state index in [9.17, 15) is 10.1 Å². The van der Waals surface area contributed by atoms with E-state index in [1.54, 1.807) is 31.4 Å².